The van der Waals surface area contributed by atoms with Gasteiger partial charge in [0.2, 0.25) is 0 Å². The van der Waals surface area contributed by atoms with Crippen molar-refractivity contribution in [1.29, 1.82) is 0 Å². The molecular formula is C8H6ClNO4. The second-order valence-corrected chi connectivity index (χ2v) is 2.83. The van der Waals surface area contributed by atoms with E-state index in [4.69, 9.17) is 16.3 Å². The number of carbonyl (C=O) groups excluding carboxylic acids is 1. The standard InChI is InChI=1S/C8H6ClNO4/c1-14-8-5(4-11)2-6(10(12)13)3-7(8)9/h2-4H,1H3. The average molecular weight is 216 g/mol. The molecule has 6 heteroatoms. The molecule has 1 aromatic carbocycles. The normalized spacial score (nSPS) is 9.57. The van der Waals surface area contributed by atoms with Crippen LogP contribution in [-0.2, 0) is 0 Å². The number of benzene rings is 1. The Hall–Kier alpha value is -1.62. The fourth-order valence-corrected chi connectivity index (χ4v) is 1.31. The van der Waals surface area contributed by atoms with Crippen LogP contribution >= 0.6 is 11.6 Å². The lowest BCUT2D eigenvalue weighted by atomic mass is 10.2. The number of non-ortho nitro benzene ring substituents is 1. The van der Waals surface area contributed by atoms with Gasteiger partial charge in [-0.1, -0.05) is 11.6 Å². The van der Waals surface area contributed by atoms with Crippen molar-refractivity contribution < 1.29 is 14.5 Å². The molecule has 1 rings (SSSR count). The van der Waals surface area contributed by atoms with Crippen molar-refractivity contribution in [2.24, 2.45) is 0 Å². The molecule has 0 amide bonds. The van der Waals surface area contributed by atoms with Crippen LogP contribution in [0.2, 0.25) is 5.02 Å². The highest BCUT2D eigenvalue weighted by atomic mass is 35.5. The molecule has 5 nitrogen and oxygen atoms in total. The number of methoxy groups -OCH3 is 1. The van der Waals surface area contributed by atoms with Gasteiger partial charge in [-0.3, -0.25) is 14.9 Å². The molecule has 0 saturated carbocycles. The number of rotatable bonds is 3. The van der Waals surface area contributed by atoms with Crippen molar-refractivity contribution in [1.82, 2.24) is 0 Å². The first-order chi connectivity index (χ1) is 6.60. The predicted octanol–water partition coefficient (Wildman–Crippen LogP) is 2.07. The van der Waals surface area contributed by atoms with Crippen molar-refractivity contribution in [2.75, 3.05) is 7.11 Å². The van der Waals surface area contributed by atoms with Crippen LogP contribution in [0.5, 0.6) is 5.75 Å². The van der Waals surface area contributed by atoms with Crippen LogP contribution < -0.4 is 4.74 Å². The molecule has 0 atom stereocenters. The third-order valence-corrected chi connectivity index (χ3v) is 1.88. The van der Waals surface area contributed by atoms with Crippen molar-refractivity contribution in [3.63, 3.8) is 0 Å². The highest BCUT2D eigenvalue weighted by molar-refractivity contribution is 6.32. The van der Waals surface area contributed by atoms with Gasteiger partial charge < -0.3 is 4.74 Å². The maximum atomic E-state index is 10.6. The van der Waals surface area contributed by atoms with E-state index in [1.165, 1.54) is 7.11 Å². The van der Waals surface area contributed by atoms with E-state index in [-0.39, 0.29) is 22.0 Å². The molecule has 1 aromatic rings. The summed E-state index contributed by atoms with van der Waals surface area (Å²) < 4.78 is 4.82. The Morgan fingerprint density at radius 1 is 1.57 bits per heavy atom. The molecule has 0 spiro atoms. The summed E-state index contributed by atoms with van der Waals surface area (Å²) in [7, 11) is 1.33. The summed E-state index contributed by atoms with van der Waals surface area (Å²) in [5.41, 5.74) is -0.176. The average Bonchev–Trinajstić information content (AvgIpc) is 2.16. The molecule has 0 aromatic heterocycles. The smallest absolute Gasteiger partial charge is 0.271 e. The molecule has 0 fully saturated rings. The fraction of sp³-hybridized carbons (Fsp3) is 0.125. The summed E-state index contributed by atoms with van der Waals surface area (Å²) >= 11 is 5.67. The van der Waals surface area contributed by atoms with E-state index in [9.17, 15) is 14.9 Å². The largest absolute Gasteiger partial charge is 0.494 e. The number of hydrogen-bond acceptors (Lipinski definition) is 4. The number of aldehydes is 1. The molecule has 0 aliphatic rings. The highest BCUT2D eigenvalue weighted by Crippen LogP contribution is 2.31. The van der Waals surface area contributed by atoms with Crippen LogP contribution in [0.3, 0.4) is 0 Å². The maximum absolute atomic E-state index is 10.6. The lowest BCUT2D eigenvalue weighted by Crippen LogP contribution is -1.95. The third kappa shape index (κ3) is 1.82. The second-order valence-electron chi connectivity index (χ2n) is 2.43. The zero-order chi connectivity index (χ0) is 10.7. The van der Waals surface area contributed by atoms with Crippen molar-refractivity contribution in [3.8, 4) is 5.75 Å². The van der Waals surface area contributed by atoms with E-state index in [2.05, 4.69) is 0 Å². The first-order valence-corrected chi connectivity index (χ1v) is 3.95. The van der Waals surface area contributed by atoms with Gasteiger partial charge in [-0.15, -0.1) is 0 Å². The second kappa shape index (κ2) is 4.06. The van der Waals surface area contributed by atoms with E-state index in [0.29, 0.717) is 6.29 Å². The van der Waals surface area contributed by atoms with Gasteiger partial charge in [0, 0.05) is 12.1 Å². The molecular weight excluding hydrogens is 210 g/mol. The molecule has 0 bridgehead atoms. The van der Waals surface area contributed by atoms with Gasteiger partial charge in [-0.25, -0.2) is 0 Å². The highest BCUT2D eigenvalue weighted by Gasteiger charge is 2.15. The van der Waals surface area contributed by atoms with Crippen molar-refractivity contribution >= 4 is 23.6 Å². The number of nitro groups is 1. The van der Waals surface area contributed by atoms with Gasteiger partial charge in [0.05, 0.1) is 22.6 Å². The minimum atomic E-state index is -0.627. The van der Waals surface area contributed by atoms with Crippen LogP contribution in [0.4, 0.5) is 5.69 Å². The molecule has 0 unspecified atom stereocenters. The Bertz CT molecular complexity index is 391. The minimum Gasteiger partial charge on any atom is -0.494 e. The SMILES string of the molecule is COc1c(Cl)cc([N+](=O)[O-])cc1C=O. The first-order valence-electron chi connectivity index (χ1n) is 3.57. The molecule has 14 heavy (non-hydrogen) atoms. The predicted molar refractivity (Wildman–Crippen MR) is 50.0 cm³/mol. The van der Waals surface area contributed by atoms with Crippen molar-refractivity contribution in [3.05, 3.63) is 32.8 Å². The number of halogens is 1. The summed E-state index contributed by atoms with van der Waals surface area (Å²) in [6.45, 7) is 0. The van der Waals surface area contributed by atoms with Crippen molar-refractivity contribution in [2.45, 2.75) is 0 Å². The summed E-state index contributed by atoms with van der Waals surface area (Å²) in [5, 5.41) is 10.5. The van der Waals surface area contributed by atoms with E-state index >= 15 is 0 Å². The van der Waals surface area contributed by atoms with E-state index in [1.807, 2.05) is 0 Å². The Labute approximate surface area is 84.4 Å². The molecule has 0 saturated heterocycles. The van der Waals surface area contributed by atoms with Crippen LogP contribution in [-0.4, -0.2) is 18.3 Å². The number of carbonyl (C=O) groups is 1. The quantitative estimate of drug-likeness (QED) is 0.440. The molecule has 0 heterocycles. The number of ether oxygens (including phenoxy) is 1. The topological polar surface area (TPSA) is 69.4 Å². The van der Waals surface area contributed by atoms with E-state index in [0.717, 1.165) is 12.1 Å². The number of hydrogen-bond donors (Lipinski definition) is 0. The van der Waals surface area contributed by atoms with Gasteiger partial charge in [0.1, 0.15) is 5.75 Å². The van der Waals surface area contributed by atoms with Crippen LogP contribution in [0.15, 0.2) is 12.1 Å². The molecule has 0 N–H and O–H groups in total. The van der Waals surface area contributed by atoms with Crippen LogP contribution in [0.1, 0.15) is 10.4 Å². The van der Waals surface area contributed by atoms with Crippen LogP contribution in [0.25, 0.3) is 0 Å². The maximum Gasteiger partial charge on any atom is 0.271 e. The third-order valence-electron chi connectivity index (χ3n) is 1.60. The first kappa shape index (κ1) is 10.5. The lowest BCUT2D eigenvalue weighted by molar-refractivity contribution is -0.384. The number of nitro benzene ring substituents is 1. The molecule has 0 radical (unpaired) electrons. The Kier molecular flexibility index (Phi) is 3.03. The van der Waals surface area contributed by atoms with Gasteiger partial charge in [-0.05, 0) is 0 Å². The summed E-state index contributed by atoms with van der Waals surface area (Å²) in [5.74, 6) is 0.146. The zero-order valence-electron chi connectivity index (χ0n) is 7.19. The fourth-order valence-electron chi connectivity index (χ4n) is 1.01. The Morgan fingerprint density at radius 2 is 2.21 bits per heavy atom. The molecule has 74 valence electrons. The van der Waals surface area contributed by atoms with E-state index < -0.39 is 4.92 Å². The van der Waals surface area contributed by atoms with Crippen LogP contribution in [0, 0.1) is 10.1 Å². The zero-order valence-corrected chi connectivity index (χ0v) is 7.95. The summed E-state index contributed by atoms with van der Waals surface area (Å²) in [6.07, 6.45) is 0.456. The molecule has 0 aliphatic heterocycles. The Balaban J connectivity index is 3.38. The van der Waals surface area contributed by atoms with Gasteiger partial charge in [0.15, 0.2) is 6.29 Å². The summed E-state index contributed by atoms with van der Waals surface area (Å²) in [4.78, 5) is 20.3. The minimum absolute atomic E-state index is 0.0452. The summed E-state index contributed by atoms with van der Waals surface area (Å²) in [6, 6.07) is 2.24. The van der Waals surface area contributed by atoms with Gasteiger partial charge in [-0.2, -0.15) is 0 Å². The number of nitrogens with zero attached hydrogens (tertiary/aromatic N) is 1. The molecule has 0 aliphatic carbocycles. The van der Waals surface area contributed by atoms with E-state index in [1.54, 1.807) is 0 Å². The van der Waals surface area contributed by atoms with Gasteiger partial charge in [0.25, 0.3) is 5.69 Å². The lowest BCUT2D eigenvalue weighted by Gasteiger charge is -2.04. The van der Waals surface area contributed by atoms with Gasteiger partial charge >= 0.3 is 0 Å². The Morgan fingerprint density at radius 3 is 2.64 bits per heavy atom. The monoisotopic (exact) mass is 215 g/mol.